The molecule has 3 aromatic carbocycles. The van der Waals surface area contributed by atoms with Crippen molar-refractivity contribution in [1.82, 2.24) is 0 Å². The van der Waals surface area contributed by atoms with Gasteiger partial charge in [0, 0.05) is 17.3 Å². The van der Waals surface area contributed by atoms with Crippen LogP contribution in [0, 0.1) is 0 Å². The van der Waals surface area contributed by atoms with Crippen molar-refractivity contribution in [3.8, 4) is 5.75 Å². The topological polar surface area (TPSA) is 38.3 Å². The van der Waals surface area contributed by atoms with Crippen molar-refractivity contribution >= 4 is 11.6 Å². The van der Waals surface area contributed by atoms with Crippen LogP contribution in [0.25, 0.3) is 0 Å². The van der Waals surface area contributed by atoms with Gasteiger partial charge in [0.1, 0.15) is 5.75 Å². The van der Waals surface area contributed by atoms with Crippen molar-refractivity contribution in [2.75, 3.05) is 12.4 Å². The standard InChI is InChI=1S/C21H19NO2/c1-24-20-14-17(12-16-8-4-2-5-9-16)13-19(15-20)22-21(23)18-10-6-3-7-11-18/h2-11,13-15H,12H2,1H3,(H,22,23). The van der Waals surface area contributed by atoms with Crippen LogP contribution in [0.1, 0.15) is 21.5 Å². The van der Waals surface area contributed by atoms with Crippen molar-refractivity contribution < 1.29 is 9.53 Å². The number of methoxy groups -OCH3 is 1. The lowest BCUT2D eigenvalue weighted by atomic mass is 10.0. The Morgan fingerprint density at radius 1 is 0.875 bits per heavy atom. The smallest absolute Gasteiger partial charge is 0.255 e. The summed E-state index contributed by atoms with van der Waals surface area (Å²) in [7, 11) is 1.63. The quantitative estimate of drug-likeness (QED) is 0.750. The zero-order valence-electron chi connectivity index (χ0n) is 13.5. The molecule has 0 aromatic heterocycles. The third-order valence-electron chi connectivity index (χ3n) is 3.75. The molecule has 0 aliphatic rings. The van der Waals surface area contributed by atoms with Crippen molar-refractivity contribution in [2.24, 2.45) is 0 Å². The number of nitrogens with one attached hydrogen (secondary N) is 1. The Labute approximate surface area is 141 Å². The average molecular weight is 317 g/mol. The van der Waals surface area contributed by atoms with Gasteiger partial charge < -0.3 is 10.1 Å². The Kier molecular flexibility index (Phi) is 4.92. The van der Waals surface area contributed by atoms with Gasteiger partial charge in [0.25, 0.3) is 5.91 Å². The molecule has 1 N–H and O–H groups in total. The maximum atomic E-state index is 12.3. The molecule has 3 rings (SSSR count). The highest BCUT2D eigenvalue weighted by Gasteiger charge is 2.08. The molecule has 0 atom stereocenters. The van der Waals surface area contributed by atoms with Crippen LogP contribution in [0.5, 0.6) is 5.75 Å². The molecule has 0 aliphatic heterocycles. The molecule has 0 fully saturated rings. The number of carbonyl (C=O) groups is 1. The van der Waals surface area contributed by atoms with Gasteiger partial charge in [-0.1, -0.05) is 48.5 Å². The minimum Gasteiger partial charge on any atom is -0.497 e. The molecular weight excluding hydrogens is 298 g/mol. The number of anilines is 1. The molecule has 1 amide bonds. The lowest BCUT2D eigenvalue weighted by molar-refractivity contribution is 0.102. The van der Waals surface area contributed by atoms with Gasteiger partial charge in [0.2, 0.25) is 0 Å². The summed E-state index contributed by atoms with van der Waals surface area (Å²) in [4.78, 5) is 12.3. The third-order valence-corrected chi connectivity index (χ3v) is 3.75. The summed E-state index contributed by atoms with van der Waals surface area (Å²) in [5.41, 5.74) is 3.66. The van der Waals surface area contributed by atoms with Gasteiger partial charge >= 0.3 is 0 Å². The minimum absolute atomic E-state index is 0.130. The van der Waals surface area contributed by atoms with E-state index in [9.17, 15) is 4.79 Å². The normalized spacial score (nSPS) is 10.2. The molecule has 0 unspecified atom stereocenters. The van der Waals surface area contributed by atoms with Crippen LogP contribution >= 0.6 is 0 Å². The highest BCUT2D eigenvalue weighted by Crippen LogP contribution is 2.23. The predicted octanol–water partition coefficient (Wildman–Crippen LogP) is 4.54. The number of ether oxygens (including phenoxy) is 1. The van der Waals surface area contributed by atoms with E-state index < -0.39 is 0 Å². The molecule has 0 radical (unpaired) electrons. The summed E-state index contributed by atoms with van der Waals surface area (Å²) in [5.74, 6) is 0.598. The Hall–Kier alpha value is -3.07. The van der Waals surface area contributed by atoms with E-state index in [1.54, 1.807) is 19.2 Å². The number of rotatable bonds is 5. The molecule has 0 heterocycles. The summed E-state index contributed by atoms with van der Waals surface area (Å²) in [6, 6.07) is 25.2. The van der Waals surface area contributed by atoms with E-state index in [2.05, 4.69) is 17.4 Å². The van der Waals surface area contributed by atoms with Gasteiger partial charge in [-0.25, -0.2) is 0 Å². The van der Waals surface area contributed by atoms with E-state index in [1.165, 1.54) is 5.56 Å². The molecule has 0 saturated heterocycles. The van der Waals surface area contributed by atoms with Crippen LogP contribution in [-0.4, -0.2) is 13.0 Å². The van der Waals surface area contributed by atoms with Crippen molar-refractivity contribution in [3.63, 3.8) is 0 Å². The van der Waals surface area contributed by atoms with E-state index in [1.807, 2.05) is 54.6 Å². The fourth-order valence-electron chi connectivity index (χ4n) is 2.58. The minimum atomic E-state index is -0.130. The zero-order chi connectivity index (χ0) is 16.8. The molecule has 0 saturated carbocycles. The Morgan fingerprint density at radius 2 is 1.54 bits per heavy atom. The second-order valence-electron chi connectivity index (χ2n) is 5.55. The molecule has 120 valence electrons. The average Bonchev–Trinajstić information content (AvgIpc) is 2.63. The van der Waals surface area contributed by atoms with Crippen molar-refractivity contribution in [2.45, 2.75) is 6.42 Å². The van der Waals surface area contributed by atoms with E-state index in [0.717, 1.165) is 23.4 Å². The molecule has 0 spiro atoms. The highest BCUT2D eigenvalue weighted by molar-refractivity contribution is 6.04. The fraction of sp³-hybridized carbons (Fsp3) is 0.0952. The van der Waals surface area contributed by atoms with E-state index >= 15 is 0 Å². The van der Waals surface area contributed by atoms with E-state index in [4.69, 9.17) is 4.74 Å². The largest absolute Gasteiger partial charge is 0.497 e. The Morgan fingerprint density at radius 3 is 2.21 bits per heavy atom. The predicted molar refractivity (Wildman–Crippen MR) is 96.6 cm³/mol. The lowest BCUT2D eigenvalue weighted by Gasteiger charge is -2.11. The van der Waals surface area contributed by atoms with Crippen LogP contribution in [0.3, 0.4) is 0 Å². The third kappa shape index (κ3) is 4.02. The van der Waals surface area contributed by atoms with Gasteiger partial charge in [0.05, 0.1) is 7.11 Å². The molecular formula is C21H19NO2. The van der Waals surface area contributed by atoms with Crippen LogP contribution in [0.2, 0.25) is 0 Å². The van der Waals surface area contributed by atoms with Crippen LogP contribution in [-0.2, 0) is 6.42 Å². The van der Waals surface area contributed by atoms with Gasteiger partial charge in [-0.3, -0.25) is 4.79 Å². The fourth-order valence-corrected chi connectivity index (χ4v) is 2.58. The molecule has 0 bridgehead atoms. The Bertz CT molecular complexity index is 814. The summed E-state index contributed by atoms with van der Waals surface area (Å²) in [6.45, 7) is 0. The van der Waals surface area contributed by atoms with Gasteiger partial charge in [0.15, 0.2) is 0 Å². The first-order valence-corrected chi connectivity index (χ1v) is 7.83. The zero-order valence-corrected chi connectivity index (χ0v) is 13.5. The van der Waals surface area contributed by atoms with Gasteiger partial charge in [-0.05, 0) is 41.8 Å². The molecule has 3 heteroatoms. The van der Waals surface area contributed by atoms with Crippen LogP contribution in [0.4, 0.5) is 5.69 Å². The highest BCUT2D eigenvalue weighted by atomic mass is 16.5. The first kappa shape index (κ1) is 15.8. The number of hydrogen-bond donors (Lipinski definition) is 1. The molecule has 24 heavy (non-hydrogen) atoms. The molecule has 0 aliphatic carbocycles. The monoisotopic (exact) mass is 317 g/mol. The van der Waals surface area contributed by atoms with Gasteiger partial charge in [-0.15, -0.1) is 0 Å². The SMILES string of the molecule is COc1cc(Cc2ccccc2)cc(NC(=O)c2ccccc2)c1. The summed E-state index contributed by atoms with van der Waals surface area (Å²) in [6.07, 6.45) is 0.784. The first-order valence-electron chi connectivity index (χ1n) is 7.83. The lowest BCUT2D eigenvalue weighted by Crippen LogP contribution is -2.12. The number of amides is 1. The Balaban J connectivity index is 1.82. The first-order chi connectivity index (χ1) is 11.7. The number of benzene rings is 3. The summed E-state index contributed by atoms with van der Waals surface area (Å²) in [5, 5.41) is 2.94. The maximum Gasteiger partial charge on any atom is 0.255 e. The maximum absolute atomic E-state index is 12.3. The van der Waals surface area contributed by atoms with E-state index in [-0.39, 0.29) is 5.91 Å². The van der Waals surface area contributed by atoms with Crippen molar-refractivity contribution in [1.29, 1.82) is 0 Å². The van der Waals surface area contributed by atoms with E-state index in [0.29, 0.717) is 5.56 Å². The number of hydrogen-bond acceptors (Lipinski definition) is 2. The van der Waals surface area contributed by atoms with Crippen molar-refractivity contribution in [3.05, 3.63) is 95.6 Å². The molecule has 3 nitrogen and oxygen atoms in total. The second-order valence-corrected chi connectivity index (χ2v) is 5.55. The molecule has 3 aromatic rings. The van der Waals surface area contributed by atoms with Crippen LogP contribution < -0.4 is 10.1 Å². The summed E-state index contributed by atoms with van der Waals surface area (Å²) < 4.78 is 5.37. The number of carbonyl (C=O) groups excluding carboxylic acids is 1. The van der Waals surface area contributed by atoms with Crippen LogP contribution in [0.15, 0.2) is 78.9 Å². The summed E-state index contributed by atoms with van der Waals surface area (Å²) >= 11 is 0. The van der Waals surface area contributed by atoms with Gasteiger partial charge in [-0.2, -0.15) is 0 Å². The second kappa shape index (κ2) is 7.47.